The fraction of sp³-hybridized carbons (Fsp3) is 0.364. The van der Waals surface area contributed by atoms with E-state index in [1.807, 2.05) is 23.7 Å². The molecule has 4 nitrogen and oxygen atoms in total. The first-order chi connectivity index (χ1) is 8.11. The number of aromatic nitrogens is 4. The lowest BCUT2D eigenvalue weighted by Crippen LogP contribution is -2.07. The van der Waals surface area contributed by atoms with Crippen molar-refractivity contribution in [2.24, 2.45) is 7.05 Å². The van der Waals surface area contributed by atoms with Crippen LogP contribution in [0.4, 0.5) is 0 Å². The van der Waals surface area contributed by atoms with Gasteiger partial charge in [0.25, 0.3) is 0 Å². The van der Waals surface area contributed by atoms with Crippen molar-refractivity contribution in [2.45, 2.75) is 19.3 Å². The van der Waals surface area contributed by atoms with Crippen LogP contribution in [0, 0.1) is 0 Å². The van der Waals surface area contributed by atoms with Crippen LogP contribution in [-0.4, -0.2) is 19.7 Å². The molecule has 0 aromatic carbocycles. The number of rotatable bonds is 3. The summed E-state index contributed by atoms with van der Waals surface area (Å²) in [6, 6.07) is 3.63. The van der Waals surface area contributed by atoms with Crippen molar-refractivity contribution in [3.8, 4) is 0 Å². The molecule has 0 bridgehead atoms. The summed E-state index contributed by atoms with van der Waals surface area (Å²) in [5, 5.41) is 8.81. The van der Waals surface area contributed by atoms with E-state index in [1.54, 1.807) is 6.33 Å². The van der Waals surface area contributed by atoms with Gasteiger partial charge in [-0.1, -0.05) is 30.1 Å². The second-order valence-electron chi connectivity index (χ2n) is 3.81. The molecule has 1 atom stereocenters. The van der Waals surface area contributed by atoms with Crippen molar-refractivity contribution in [1.82, 2.24) is 19.7 Å². The Bertz CT molecular complexity index is 504. The fourth-order valence-corrected chi connectivity index (χ4v) is 2.34. The van der Waals surface area contributed by atoms with E-state index in [0.29, 0.717) is 10.3 Å². The highest BCUT2D eigenvalue weighted by Crippen LogP contribution is 2.28. The van der Waals surface area contributed by atoms with Crippen molar-refractivity contribution in [3.05, 3.63) is 40.2 Å². The average molecular weight is 271 g/mol. The molecule has 0 N–H and O–H groups in total. The van der Waals surface area contributed by atoms with Gasteiger partial charge in [0.15, 0.2) is 0 Å². The largest absolute Gasteiger partial charge is 0.320 e. The van der Waals surface area contributed by atoms with Crippen LogP contribution in [0.3, 0.4) is 0 Å². The molecule has 0 aliphatic heterocycles. The van der Waals surface area contributed by atoms with E-state index in [0.717, 1.165) is 17.8 Å². The average Bonchev–Trinajstić information content (AvgIpc) is 2.65. The zero-order chi connectivity index (χ0) is 12.4. The number of nitrogens with zero attached hydrogens (tertiary/aromatic N) is 4. The van der Waals surface area contributed by atoms with E-state index >= 15 is 0 Å². The lowest BCUT2D eigenvalue weighted by Gasteiger charge is -2.14. The quantitative estimate of drug-likeness (QED) is 0.806. The third-order valence-electron chi connectivity index (χ3n) is 2.65. The van der Waals surface area contributed by atoms with Gasteiger partial charge in [-0.3, -0.25) is 0 Å². The Morgan fingerprint density at radius 2 is 1.94 bits per heavy atom. The second kappa shape index (κ2) is 5.02. The van der Waals surface area contributed by atoms with Crippen LogP contribution in [0.25, 0.3) is 0 Å². The van der Waals surface area contributed by atoms with Gasteiger partial charge in [0.2, 0.25) is 0 Å². The molecular formula is C11H12Cl2N4. The highest BCUT2D eigenvalue weighted by Gasteiger charge is 2.18. The molecule has 90 valence electrons. The van der Waals surface area contributed by atoms with Gasteiger partial charge in [0, 0.05) is 13.0 Å². The number of aryl methyl sites for hydroxylation is 1. The summed E-state index contributed by atoms with van der Waals surface area (Å²) in [7, 11) is 1.92. The first-order valence-electron chi connectivity index (χ1n) is 5.28. The number of hydrogen-bond donors (Lipinski definition) is 0. The van der Waals surface area contributed by atoms with Crippen LogP contribution in [-0.2, 0) is 7.05 Å². The second-order valence-corrected chi connectivity index (χ2v) is 4.58. The molecule has 0 unspecified atom stereocenters. The number of halogens is 2. The van der Waals surface area contributed by atoms with Gasteiger partial charge in [-0.25, -0.2) is 4.98 Å². The summed E-state index contributed by atoms with van der Waals surface area (Å²) in [6.07, 6.45) is 2.58. The third kappa shape index (κ3) is 2.58. The van der Waals surface area contributed by atoms with Gasteiger partial charge < -0.3 is 4.57 Å². The third-order valence-corrected chi connectivity index (χ3v) is 3.04. The minimum atomic E-state index is 0.125. The maximum atomic E-state index is 5.91. The van der Waals surface area contributed by atoms with Gasteiger partial charge in [-0.05, 0) is 24.1 Å². The van der Waals surface area contributed by atoms with E-state index in [4.69, 9.17) is 23.2 Å². The van der Waals surface area contributed by atoms with Gasteiger partial charge in [-0.2, -0.15) is 0 Å². The van der Waals surface area contributed by atoms with E-state index in [1.165, 1.54) is 0 Å². The Kier molecular flexibility index (Phi) is 3.64. The molecule has 2 aromatic heterocycles. The summed E-state index contributed by atoms with van der Waals surface area (Å²) in [5.74, 6) is 1.02. The van der Waals surface area contributed by atoms with Gasteiger partial charge in [-0.15, -0.1) is 10.2 Å². The molecule has 0 aliphatic rings. The smallest absolute Gasteiger partial charge is 0.140 e. The Hall–Kier alpha value is -1.13. The van der Waals surface area contributed by atoms with Gasteiger partial charge >= 0.3 is 0 Å². The van der Waals surface area contributed by atoms with Crippen molar-refractivity contribution in [3.63, 3.8) is 0 Å². The Morgan fingerprint density at radius 1 is 1.29 bits per heavy atom. The SMILES string of the molecule is CC[C@@H](c1cc(Cl)nc(Cl)c1)c1nncn1C. The Morgan fingerprint density at radius 3 is 2.41 bits per heavy atom. The van der Waals surface area contributed by atoms with Crippen LogP contribution in [0.1, 0.15) is 30.7 Å². The summed E-state index contributed by atoms with van der Waals surface area (Å²) < 4.78 is 1.90. The van der Waals surface area contributed by atoms with Gasteiger partial charge in [0.1, 0.15) is 22.5 Å². The highest BCUT2D eigenvalue weighted by molar-refractivity contribution is 6.32. The molecule has 0 saturated heterocycles. The normalized spacial score (nSPS) is 12.7. The lowest BCUT2D eigenvalue weighted by molar-refractivity contribution is 0.670. The van der Waals surface area contributed by atoms with Crippen LogP contribution in [0.2, 0.25) is 10.3 Å². The first-order valence-corrected chi connectivity index (χ1v) is 6.04. The van der Waals surface area contributed by atoms with Crippen LogP contribution < -0.4 is 0 Å². The molecule has 0 amide bonds. The highest BCUT2D eigenvalue weighted by atomic mass is 35.5. The van der Waals surface area contributed by atoms with Crippen LogP contribution in [0.5, 0.6) is 0 Å². The Labute approximate surface area is 110 Å². The molecule has 0 aliphatic carbocycles. The predicted molar refractivity (Wildman–Crippen MR) is 67.4 cm³/mol. The van der Waals surface area contributed by atoms with Crippen molar-refractivity contribution in [2.75, 3.05) is 0 Å². The molecule has 0 saturated carbocycles. The summed E-state index contributed by atoms with van der Waals surface area (Å²) in [4.78, 5) is 3.94. The number of pyridine rings is 1. The van der Waals surface area contributed by atoms with Crippen molar-refractivity contribution < 1.29 is 0 Å². The summed E-state index contributed by atoms with van der Waals surface area (Å²) in [6.45, 7) is 2.08. The van der Waals surface area contributed by atoms with Crippen molar-refractivity contribution in [1.29, 1.82) is 0 Å². The lowest BCUT2D eigenvalue weighted by atomic mass is 9.97. The molecule has 0 radical (unpaired) electrons. The minimum absolute atomic E-state index is 0.125. The van der Waals surface area contributed by atoms with Crippen LogP contribution in [0.15, 0.2) is 18.5 Å². The molecule has 17 heavy (non-hydrogen) atoms. The zero-order valence-electron chi connectivity index (χ0n) is 9.56. The fourth-order valence-electron chi connectivity index (χ4n) is 1.86. The summed E-state index contributed by atoms with van der Waals surface area (Å²) >= 11 is 11.8. The summed E-state index contributed by atoms with van der Waals surface area (Å²) in [5.41, 5.74) is 1.01. The van der Waals surface area contributed by atoms with E-state index in [9.17, 15) is 0 Å². The first kappa shape index (κ1) is 12.3. The molecular weight excluding hydrogens is 259 g/mol. The van der Waals surface area contributed by atoms with E-state index in [2.05, 4.69) is 22.1 Å². The predicted octanol–water partition coefficient (Wildman–Crippen LogP) is 3.06. The number of hydrogen-bond acceptors (Lipinski definition) is 3. The van der Waals surface area contributed by atoms with E-state index in [-0.39, 0.29) is 5.92 Å². The molecule has 6 heteroatoms. The monoisotopic (exact) mass is 270 g/mol. The molecule has 2 aromatic rings. The molecule has 0 spiro atoms. The Balaban J connectivity index is 2.45. The maximum absolute atomic E-state index is 5.91. The molecule has 2 rings (SSSR count). The van der Waals surface area contributed by atoms with Gasteiger partial charge in [0.05, 0.1) is 0 Å². The molecule has 2 heterocycles. The minimum Gasteiger partial charge on any atom is -0.320 e. The van der Waals surface area contributed by atoms with E-state index < -0.39 is 0 Å². The standard InChI is InChI=1S/C11H12Cl2N4/c1-3-8(11-16-14-6-17(11)2)7-4-9(12)15-10(13)5-7/h4-6,8H,3H2,1-2H3/t8-/m0/s1. The van der Waals surface area contributed by atoms with Crippen LogP contribution >= 0.6 is 23.2 Å². The molecule has 0 fully saturated rings. The maximum Gasteiger partial charge on any atom is 0.140 e. The van der Waals surface area contributed by atoms with Crippen molar-refractivity contribution >= 4 is 23.2 Å². The topological polar surface area (TPSA) is 43.6 Å². The zero-order valence-corrected chi connectivity index (χ0v) is 11.1.